The number of benzene rings is 3. The van der Waals surface area contributed by atoms with E-state index in [0.717, 1.165) is 38.5 Å². The van der Waals surface area contributed by atoms with Crippen molar-refractivity contribution in [1.82, 2.24) is 9.78 Å². The maximum Gasteiger partial charge on any atom is 0.344 e. The van der Waals surface area contributed by atoms with Crippen LogP contribution in [0.5, 0.6) is 5.75 Å². The second kappa shape index (κ2) is 10.1. The molecule has 0 saturated heterocycles. The Kier molecular flexibility index (Phi) is 7.19. The number of hydrogen-bond acceptors (Lipinski definition) is 5. The summed E-state index contributed by atoms with van der Waals surface area (Å²) in [5.41, 5.74) is 3.48. The highest BCUT2D eigenvalue weighted by Gasteiger charge is 2.17. The molecule has 4 rings (SSSR count). The van der Waals surface area contributed by atoms with Crippen molar-refractivity contribution in [2.24, 2.45) is 0 Å². The molecule has 3 aromatic carbocycles. The number of halogens is 1. The van der Waals surface area contributed by atoms with Gasteiger partial charge in [-0.1, -0.05) is 29.8 Å². The Hall–Kier alpha value is -2.96. The van der Waals surface area contributed by atoms with Gasteiger partial charge >= 0.3 is 5.97 Å². The molecule has 0 aliphatic rings. The predicted molar refractivity (Wildman–Crippen MR) is 138 cm³/mol. The van der Waals surface area contributed by atoms with Gasteiger partial charge < -0.3 is 9.47 Å². The van der Waals surface area contributed by atoms with Gasteiger partial charge in [-0.05, 0) is 81.8 Å². The van der Waals surface area contributed by atoms with E-state index in [2.05, 4.69) is 18.2 Å². The molecule has 0 aliphatic heterocycles. The van der Waals surface area contributed by atoms with Gasteiger partial charge in [-0.25, -0.2) is 9.48 Å². The minimum Gasteiger partial charge on any atom is -0.482 e. The zero-order valence-electron chi connectivity index (χ0n) is 19.7. The average Bonchev–Trinajstić information content (AvgIpc) is 3.15. The molecule has 4 aromatic rings. The van der Waals surface area contributed by atoms with E-state index in [1.54, 1.807) is 11.8 Å². The summed E-state index contributed by atoms with van der Waals surface area (Å²) in [4.78, 5) is 13.0. The number of nitrogens with zero attached hydrogens (tertiary/aromatic N) is 2. The van der Waals surface area contributed by atoms with E-state index >= 15 is 0 Å². The Balaban J connectivity index is 1.46. The van der Waals surface area contributed by atoms with Crippen molar-refractivity contribution < 1.29 is 14.3 Å². The lowest BCUT2D eigenvalue weighted by Gasteiger charge is -2.19. The number of ether oxygens (including phenoxy) is 2. The number of aryl methyl sites for hydroxylation is 1. The number of carbonyl (C=O) groups is 1. The molecule has 0 fully saturated rings. The number of thioether (sulfide) groups is 1. The Morgan fingerprint density at radius 2 is 1.79 bits per heavy atom. The van der Waals surface area contributed by atoms with Crippen molar-refractivity contribution in [3.63, 3.8) is 0 Å². The summed E-state index contributed by atoms with van der Waals surface area (Å²) in [7, 11) is 0. The highest BCUT2D eigenvalue weighted by atomic mass is 35.5. The second-order valence-corrected chi connectivity index (χ2v) is 10.4. The monoisotopic (exact) mass is 494 g/mol. The Bertz CT molecular complexity index is 1310. The van der Waals surface area contributed by atoms with Crippen molar-refractivity contribution in [2.75, 3.05) is 6.61 Å². The van der Waals surface area contributed by atoms with E-state index in [4.69, 9.17) is 26.2 Å². The molecule has 0 amide bonds. The molecule has 7 heteroatoms. The van der Waals surface area contributed by atoms with E-state index in [9.17, 15) is 4.79 Å². The van der Waals surface area contributed by atoms with E-state index in [0.29, 0.717) is 10.8 Å². The van der Waals surface area contributed by atoms with Crippen LogP contribution < -0.4 is 4.74 Å². The van der Waals surface area contributed by atoms with Crippen LogP contribution >= 0.6 is 23.4 Å². The molecule has 0 atom stereocenters. The number of esters is 1. The smallest absolute Gasteiger partial charge is 0.344 e. The van der Waals surface area contributed by atoms with Gasteiger partial charge in [0.05, 0.1) is 16.9 Å². The Morgan fingerprint density at radius 1 is 1.06 bits per heavy atom. The first-order chi connectivity index (χ1) is 16.2. The summed E-state index contributed by atoms with van der Waals surface area (Å²) >= 11 is 7.77. The SMILES string of the molecule is Cc1cc(SCc2nn(-c3ccc(Cl)cc3)c3ccccc23)ccc1OCC(=O)OC(C)(C)C. The summed E-state index contributed by atoms with van der Waals surface area (Å²) in [5.74, 6) is 1.01. The van der Waals surface area contributed by atoms with Gasteiger partial charge in [-0.2, -0.15) is 5.10 Å². The molecule has 0 saturated carbocycles. The quantitative estimate of drug-likeness (QED) is 0.204. The van der Waals surface area contributed by atoms with Crippen LogP contribution in [0.3, 0.4) is 0 Å². The number of rotatable bonds is 7. The highest BCUT2D eigenvalue weighted by molar-refractivity contribution is 7.98. The summed E-state index contributed by atoms with van der Waals surface area (Å²) in [6.45, 7) is 7.37. The van der Waals surface area contributed by atoms with E-state index < -0.39 is 5.60 Å². The Morgan fingerprint density at radius 3 is 2.50 bits per heavy atom. The molecular weight excluding hydrogens is 468 g/mol. The molecule has 1 heterocycles. The van der Waals surface area contributed by atoms with Crippen molar-refractivity contribution >= 4 is 40.2 Å². The average molecular weight is 495 g/mol. The normalized spacial score (nSPS) is 11.6. The van der Waals surface area contributed by atoms with Crippen LogP contribution in [0.4, 0.5) is 0 Å². The van der Waals surface area contributed by atoms with Crippen molar-refractivity contribution in [3.05, 3.63) is 83.0 Å². The predicted octanol–water partition coefficient (Wildman–Crippen LogP) is 7.00. The van der Waals surface area contributed by atoms with Gasteiger partial charge in [0.2, 0.25) is 0 Å². The largest absolute Gasteiger partial charge is 0.482 e. The van der Waals surface area contributed by atoms with Gasteiger partial charge in [0.15, 0.2) is 6.61 Å². The lowest BCUT2D eigenvalue weighted by atomic mass is 10.2. The molecule has 0 unspecified atom stereocenters. The van der Waals surface area contributed by atoms with Crippen molar-refractivity contribution in [3.8, 4) is 11.4 Å². The van der Waals surface area contributed by atoms with E-state index in [1.165, 1.54) is 0 Å². The maximum atomic E-state index is 11.9. The van der Waals surface area contributed by atoms with Gasteiger partial charge in [0.1, 0.15) is 11.4 Å². The number of fused-ring (bicyclic) bond motifs is 1. The van der Waals surface area contributed by atoms with Gasteiger partial charge in [-0.15, -0.1) is 11.8 Å². The molecule has 5 nitrogen and oxygen atoms in total. The van der Waals surface area contributed by atoms with Crippen LogP contribution in [0, 0.1) is 6.92 Å². The third kappa shape index (κ3) is 5.93. The van der Waals surface area contributed by atoms with Crippen molar-refractivity contribution in [2.45, 2.75) is 43.9 Å². The van der Waals surface area contributed by atoms with Gasteiger partial charge in [-0.3, -0.25) is 0 Å². The minimum absolute atomic E-state index is 0.112. The van der Waals surface area contributed by atoms with Crippen LogP contribution in [-0.4, -0.2) is 28.0 Å². The fourth-order valence-corrected chi connectivity index (χ4v) is 4.62. The van der Waals surface area contributed by atoms with E-state index in [1.807, 2.05) is 80.9 Å². The third-order valence-corrected chi connectivity index (χ3v) is 6.28. The number of para-hydroxylation sites is 1. The highest BCUT2D eigenvalue weighted by Crippen LogP contribution is 2.31. The molecule has 0 aliphatic carbocycles. The second-order valence-electron chi connectivity index (χ2n) is 8.94. The maximum absolute atomic E-state index is 11.9. The zero-order chi connectivity index (χ0) is 24.3. The summed E-state index contributed by atoms with van der Waals surface area (Å²) in [6.07, 6.45) is 0. The lowest BCUT2D eigenvalue weighted by Crippen LogP contribution is -2.27. The molecule has 34 heavy (non-hydrogen) atoms. The minimum atomic E-state index is -0.527. The molecule has 0 spiro atoms. The van der Waals surface area contributed by atoms with Crippen molar-refractivity contribution in [1.29, 1.82) is 0 Å². The number of carbonyl (C=O) groups excluding carboxylic acids is 1. The topological polar surface area (TPSA) is 53.4 Å². The van der Waals surface area contributed by atoms with Gasteiger partial charge in [0.25, 0.3) is 0 Å². The van der Waals surface area contributed by atoms with E-state index in [-0.39, 0.29) is 12.6 Å². The van der Waals surface area contributed by atoms with Gasteiger partial charge in [0, 0.05) is 21.1 Å². The van der Waals surface area contributed by atoms with Crippen LogP contribution in [0.25, 0.3) is 16.6 Å². The first-order valence-corrected chi connectivity index (χ1v) is 12.4. The summed E-state index contributed by atoms with van der Waals surface area (Å²) in [6, 6.07) is 21.9. The molecule has 176 valence electrons. The molecular formula is C27H27ClN2O3S. The summed E-state index contributed by atoms with van der Waals surface area (Å²) in [5, 5.41) is 6.72. The molecule has 1 aromatic heterocycles. The molecule has 0 N–H and O–H groups in total. The standard InChI is InChI=1S/C27H27ClN2O3S/c1-18-15-21(13-14-25(18)32-16-26(31)33-27(2,3)4)34-17-23-22-7-5-6-8-24(22)30(29-23)20-11-9-19(28)10-12-20/h5-15H,16-17H2,1-4H3. The first-order valence-electron chi connectivity index (χ1n) is 11.0. The van der Waals surface area contributed by atoms with Crippen LogP contribution in [-0.2, 0) is 15.3 Å². The number of aromatic nitrogens is 2. The first kappa shape index (κ1) is 24.2. The lowest BCUT2D eigenvalue weighted by molar-refractivity contribution is -0.157. The van der Waals surface area contributed by atoms with Crippen LogP contribution in [0.2, 0.25) is 5.02 Å². The fraction of sp³-hybridized carbons (Fsp3) is 0.259. The third-order valence-electron chi connectivity index (χ3n) is 5.02. The summed E-state index contributed by atoms with van der Waals surface area (Å²) < 4.78 is 12.9. The molecule has 0 bridgehead atoms. The van der Waals surface area contributed by atoms with Crippen LogP contribution in [0.1, 0.15) is 32.0 Å². The fourth-order valence-electron chi connectivity index (χ4n) is 3.55. The molecule has 0 radical (unpaired) electrons. The van der Waals surface area contributed by atoms with Crippen LogP contribution in [0.15, 0.2) is 71.6 Å². The Labute approximate surface area is 209 Å². The zero-order valence-corrected chi connectivity index (χ0v) is 21.2. The number of hydrogen-bond donors (Lipinski definition) is 0.